The Morgan fingerprint density at radius 1 is 0.347 bits per heavy atom. The van der Waals surface area contributed by atoms with Crippen LogP contribution in [0.2, 0.25) is 0 Å². The van der Waals surface area contributed by atoms with Crippen LogP contribution in [0, 0.1) is 0 Å². The number of hydrogen-bond acceptors (Lipinski definition) is 0. The molecule has 2 rings (SSSR count). The molecule has 0 aromatic heterocycles. The molecule has 0 N–H and O–H groups in total. The topological polar surface area (TPSA) is 0 Å². The van der Waals surface area contributed by atoms with Crippen molar-refractivity contribution in [3.63, 3.8) is 0 Å². The van der Waals surface area contributed by atoms with Gasteiger partial charge in [-0.05, 0) is 37.8 Å². The number of unbranched alkanes of at least 4 members (excludes halogenated alkanes) is 24. The van der Waals surface area contributed by atoms with Crippen LogP contribution in [0.15, 0.2) is 85.0 Å². The third-order valence-electron chi connectivity index (χ3n) is 10.5. The van der Waals surface area contributed by atoms with Gasteiger partial charge in [0.2, 0.25) is 0 Å². The van der Waals surface area contributed by atoms with Gasteiger partial charge in [-0.15, -0.1) is 0 Å². The molecule has 1 nitrogen and oxygen atoms in total. The summed E-state index contributed by atoms with van der Waals surface area (Å²) >= 11 is 0. The smallest absolute Gasteiger partial charge is 0.105 e. The van der Waals surface area contributed by atoms with Gasteiger partial charge in [0, 0.05) is 11.1 Å². The maximum Gasteiger partial charge on any atom is 0.105 e. The first kappa shape index (κ1) is 43.0. The molecule has 0 saturated heterocycles. The maximum absolute atomic E-state index is 2.52. The Bertz CT molecular complexity index is 922. The average molecular weight is 671 g/mol. The molecule has 0 aliphatic heterocycles. The normalized spacial score (nSPS) is 12.1. The fraction of sp³-hybridized carbons (Fsp3) is 0.667. The molecule has 0 aliphatic carbocycles. The van der Waals surface area contributed by atoms with Crippen molar-refractivity contribution in [2.45, 2.75) is 194 Å². The highest BCUT2D eigenvalue weighted by molar-refractivity contribution is 5.16. The van der Waals surface area contributed by atoms with Crippen LogP contribution in [-0.4, -0.2) is 17.6 Å². The van der Waals surface area contributed by atoms with Crippen molar-refractivity contribution in [1.29, 1.82) is 0 Å². The summed E-state index contributed by atoms with van der Waals surface area (Å²) in [6, 6.07) is 22.4. The summed E-state index contributed by atoms with van der Waals surface area (Å²) in [6.07, 6.45) is 46.5. The molecule has 49 heavy (non-hydrogen) atoms. The monoisotopic (exact) mass is 671 g/mol. The van der Waals surface area contributed by atoms with Crippen molar-refractivity contribution in [2.75, 3.05) is 13.1 Å². The average Bonchev–Trinajstić information content (AvgIpc) is 3.12. The van der Waals surface area contributed by atoms with E-state index in [1.165, 1.54) is 178 Å². The van der Waals surface area contributed by atoms with Crippen molar-refractivity contribution in [3.05, 3.63) is 96.1 Å². The van der Waals surface area contributed by atoms with E-state index in [0.717, 1.165) is 30.7 Å². The van der Waals surface area contributed by atoms with Crippen LogP contribution >= 0.6 is 0 Å². The Morgan fingerprint density at radius 3 is 0.939 bits per heavy atom. The first-order valence-corrected chi connectivity index (χ1v) is 21.5. The molecule has 0 fully saturated rings. The molecule has 0 heterocycles. The van der Waals surface area contributed by atoms with E-state index in [0.29, 0.717) is 0 Å². The number of benzene rings is 2. The Morgan fingerprint density at radius 2 is 0.633 bits per heavy atom. The van der Waals surface area contributed by atoms with Crippen molar-refractivity contribution >= 4 is 0 Å². The van der Waals surface area contributed by atoms with Crippen LogP contribution in [0.1, 0.15) is 192 Å². The second-order valence-electron chi connectivity index (χ2n) is 15.3. The molecular formula is C48H80N+. The molecule has 0 spiro atoms. The Labute approximate surface area is 306 Å². The maximum atomic E-state index is 2.52. The lowest BCUT2D eigenvalue weighted by Gasteiger charge is -2.37. The number of nitrogens with zero attached hydrogens (tertiary/aromatic N) is 1. The molecule has 1 heteroatoms. The van der Waals surface area contributed by atoms with E-state index in [1.54, 1.807) is 0 Å². The van der Waals surface area contributed by atoms with Gasteiger partial charge in [0.05, 0.1) is 13.1 Å². The number of rotatable bonds is 34. The highest BCUT2D eigenvalue weighted by Gasteiger charge is 2.26. The molecule has 0 saturated carbocycles. The Balaban J connectivity index is 1.78. The Hall–Kier alpha value is -2.12. The fourth-order valence-electron chi connectivity index (χ4n) is 7.37. The summed E-state index contributed by atoms with van der Waals surface area (Å²) in [4.78, 5) is 0. The molecular weight excluding hydrogens is 591 g/mol. The quantitative estimate of drug-likeness (QED) is 0.0395. The van der Waals surface area contributed by atoms with Gasteiger partial charge in [-0.3, -0.25) is 0 Å². The van der Waals surface area contributed by atoms with Gasteiger partial charge in [0.1, 0.15) is 13.1 Å². The van der Waals surface area contributed by atoms with Crippen LogP contribution in [-0.2, 0) is 13.1 Å². The number of hydrogen-bond donors (Lipinski definition) is 0. The summed E-state index contributed by atoms with van der Waals surface area (Å²) in [6.45, 7) is 8.93. The van der Waals surface area contributed by atoms with E-state index in [9.17, 15) is 0 Å². The van der Waals surface area contributed by atoms with Crippen LogP contribution in [0.25, 0.3) is 0 Å². The SMILES string of the molecule is CCCCCCCCCCCCCC/C=C/C[N+](C/C=C/CCCCCCCCCCCCCC)(Cc1ccccc1)Cc1ccccc1. The zero-order valence-electron chi connectivity index (χ0n) is 32.7. The molecule has 0 unspecified atom stereocenters. The molecule has 2 aromatic rings. The zero-order chi connectivity index (χ0) is 34.8. The van der Waals surface area contributed by atoms with Gasteiger partial charge >= 0.3 is 0 Å². The molecule has 2 aromatic carbocycles. The minimum absolute atomic E-state index is 1.05. The van der Waals surface area contributed by atoms with Crippen molar-refractivity contribution in [3.8, 4) is 0 Å². The fourth-order valence-corrected chi connectivity index (χ4v) is 7.37. The molecule has 0 aliphatic rings. The number of quaternary nitrogens is 1. The third kappa shape index (κ3) is 24.6. The van der Waals surface area contributed by atoms with E-state index < -0.39 is 0 Å². The molecule has 0 atom stereocenters. The summed E-state index contributed by atoms with van der Waals surface area (Å²) in [5.74, 6) is 0. The largest absolute Gasteiger partial charge is 0.310 e. The van der Waals surface area contributed by atoms with E-state index in [2.05, 4.69) is 98.8 Å². The van der Waals surface area contributed by atoms with Gasteiger partial charge in [-0.1, -0.05) is 228 Å². The lowest BCUT2D eigenvalue weighted by Crippen LogP contribution is -2.46. The summed E-state index contributed by atoms with van der Waals surface area (Å²) in [5.41, 5.74) is 2.89. The van der Waals surface area contributed by atoms with Crippen LogP contribution in [0.5, 0.6) is 0 Å². The molecule has 0 radical (unpaired) electrons. The lowest BCUT2D eigenvalue weighted by atomic mass is 10.0. The number of allylic oxidation sites excluding steroid dienone is 2. The second kappa shape index (κ2) is 31.8. The van der Waals surface area contributed by atoms with Crippen molar-refractivity contribution in [1.82, 2.24) is 0 Å². The summed E-state index contributed by atoms with van der Waals surface area (Å²) in [7, 11) is 0. The summed E-state index contributed by atoms with van der Waals surface area (Å²) in [5, 5.41) is 0. The molecule has 0 bridgehead atoms. The van der Waals surface area contributed by atoms with Gasteiger partial charge in [0.25, 0.3) is 0 Å². The Kier molecular flexibility index (Phi) is 28.0. The van der Waals surface area contributed by atoms with Crippen LogP contribution in [0.3, 0.4) is 0 Å². The predicted molar refractivity (Wildman–Crippen MR) is 220 cm³/mol. The highest BCUT2D eigenvalue weighted by Crippen LogP contribution is 2.22. The van der Waals surface area contributed by atoms with E-state index >= 15 is 0 Å². The zero-order valence-corrected chi connectivity index (χ0v) is 32.7. The minimum Gasteiger partial charge on any atom is -0.310 e. The molecule has 276 valence electrons. The van der Waals surface area contributed by atoms with E-state index in [-0.39, 0.29) is 0 Å². The predicted octanol–water partition coefficient (Wildman–Crippen LogP) is 15.5. The van der Waals surface area contributed by atoms with E-state index in [4.69, 9.17) is 0 Å². The van der Waals surface area contributed by atoms with Crippen molar-refractivity contribution in [2.24, 2.45) is 0 Å². The van der Waals surface area contributed by atoms with E-state index in [1.807, 2.05) is 0 Å². The third-order valence-corrected chi connectivity index (χ3v) is 10.5. The first-order chi connectivity index (χ1) is 24.3. The summed E-state index contributed by atoms with van der Waals surface area (Å²) < 4.78 is 1.05. The molecule has 0 amide bonds. The standard InChI is InChI=1S/C48H80N/c1-3-5-7-9-11-13-15-17-19-21-23-25-27-29-37-43-49(45-47-39-33-31-34-40-47,46-48-41-35-32-36-42-48)44-38-30-28-26-24-22-20-18-16-14-12-10-8-6-4-2/h29-42H,3-28,43-46H2,1-2H3/q+1/b37-29+,38-30+. The first-order valence-electron chi connectivity index (χ1n) is 21.5. The van der Waals surface area contributed by atoms with Gasteiger partial charge in [-0.2, -0.15) is 0 Å². The van der Waals surface area contributed by atoms with Gasteiger partial charge < -0.3 is 4.48 Å². The van der Waals surface area contributed by atoms with Crippen molar-refractivity contribution < 1.29 is 4.48 Å². The minimum atomic E-state index is 1.05. The van der Waals surface area contributed by atoms with Gasteiger partial charge in [-0.25, -0.2) is 0 Å². The lowest BCUT2D eigenvalue weighted by molar-refractivity contribution is -0.943. The van der Waals surface area contributed by atoms with Crippen LogP contribution < -0.4 is 0 Å². The second-order valence-corrected chi connectivity index (χ2v) is 15.3. The van der Waals surface area contributed by atoms with Crippen LogP contribution in [0.4, 0.5) is 0 Å². The van der Waals surface area contributed by atoms with Gasteiger partial charge in [0.15, 0.2) is 0 Å². The highest BCUT2D eigenvalue weighted by atomic mass is 15.3.